The van der Waals surface area contributed by atoms with E-state index < -0.39 is 6.04 Å². The smallest absolute Gasteiger partial charge is 0.255 e. The maximum atomic E-state index is 13.0. The monoisotopic (exact) mass is 406 g/mol. The van der Waals surface area contributed by atoms with Gasteiger partial charge in [0.1, 0.15) is 17.9 Å². The first-order chi connectivity index (χ1) is 14.6. The molecule has 0 fully saturated rings. The summed E-state index contributed by atoms with van der Waals surface area (Å²) in [5, 5.41) is 3.02. The Labute approximate surface area is 173 Å². The molecule has 1 aliphatic rings. The van der Waals surface area contributed by atoms with Crippen LogP contribution in [0.3, 0.4) is 0 Å². The number of ether oxygens (including phenoxy) is 1. The van der Waals surface area contributed by atoms with E-state index in [2.05, 4.69) is 15.3 Å². The van der Waals surface area contributed by atoms with Gasteiger partial charge in [-0.3, -0.25) is 14.2 Å². The van der Waals surface area contributed by atoms with Crippen molar-refractivity contribution in [2.45, 2.75) is 31.8 Å². The lowest BCUT2D eigenvalue weighted by molar-refractivity contribution is 0.0929. The number of fused-ring (bicyclic) bond motifs is 1. The van der Waals surface area contributed by atoms with Crippen molar-refractivity contribution in [3.63, 3.8) is 0 Å². The van der Waals surface area contributed by atoms with Crippen molar-refractivity contribution in [2.24, 2.45) is 0 Å². The molecule has 1 aliphatic heterocycles. The molecule has 3 N–H and O–H groups in total. The average Bonchev–Trinajstić information content (AvgIpc) is 2.96. The van der Waals surface area contributed by atoms with Gasteiger partial charge in [-0.1, -0.05) is 0 Å². The van der Waals surface area contributed by atoms with E-state index in [0.29, 0.717) is 47.2 Å². The first-order valence-corrected chi connectivity index (χ1v) is 9.69. The summed E-state index contributed by atoms with van der Waals surface area (Å²) in [6, 6.07) is 7.62. The molecular weight excluding hydrogens is 384 g/mol. The molecule has 3 heterocycles. The molecule has 0 saturated carbocycles. The largest absolute Gasteiger partial charge is 0.496 e. The summed E-state index contributed by atoms with van der Waals surface area (Å²) in [5.74, 6) is 0.601. The van der Waals surface area contributed by atoms with Crippen molar-refractivity contribution in [1.82, 2.24) is 24.8 Å². The number of nitrogens with zero attached hydrogens (tertiary/aromatic N) is 4. The van der Waals surface area contributed by atoms with Crippen LogP contribution in [0.4, 0.5) is 5.69 Å². The number of hydrogen-bond acceptors (Lipinski definition) is 7. The van der Waals surface area contributed by atoms with E-state index in [9.17, 15) is 9.59 Å². The average molecular weight is 406 g/mol. The highest BCUT2D eigenvalue weighted by molar-refractivity contribution is 5.97. The number of rotatable bonds is 4. The molecule has 1 amide bonds. The van der Waals surface area contributed by atoms with Crippen LogP contribution in [-0.4, -0.2) is 32.5 Å². The van der Waals surface area contributed by atoms with Gasteiger partial charge < -0.3 is 15.8 Å². The highest BCUT2D eigenvalue weighted by Gasteiger charge is 2.25. The van der Waals surface area contributed by atoms with Crippen LogP contribution in [0.5, 0.6) is 5.75 Å². The molecule has 4 rings (SSSR count). The predicted octanol–water partition coefficient (Wildman–Crippen LogP) is 1.95. The molecule has 9 nitrogen and oxygen atoms in total. The standard InChI is InChI=1S/C21H22N6O3/c1-30-18-10-13(22)5-6-14(18)21(29)26-16-4-2-3-9-27-19(28)11-17(25-20(16)27)15-7-8-23-12-24-15/h5-8,10-12,16H,2-4,9,22H2,1H3,(H,26,29). The van der Waals surface area contributed by atoms with Crippen molar-refractivity contribution in [1.29, 1.82) is 0 Å². The molecule has 2 aromatic heterocycles. The number of benzene rings is 1. The molecule has 0 bridgehead atoms. The van der Waals surface area contributed by atoms with Gasteiger partial charge in [-0.2, -0.15) is 0 Å². The third kappa shape index (κ3) is 3.86. The number of nitrogens with two attached hydrogens (primary N) is 1. The minimum absolute atomic E-state index is 0.167. The van der Waals surface area contributed by atoms with Crippen LogP contribution >= 0.6 is 0 Å². The fraction of sp³-hybridized carbons (Fsp3) is 0.286. The van der Waals surface area contributed by atoms with Gasteiger partial charge in [0.05, 0.1) is 30.1 Å². The Hall–Kier alpha value is -3.75. The van der Waals surface area contributed by atoms with E-state index in [1.165, 1.54) is 19.5 Å². The number of nitrogens with one attached hydrogen (secondary N) is 1. The Kier molecular flexibility index (Phi) is 5.42. The number of carbonyl (C=O) groups excluding carboxylic acids is 1. The van der Waals surface area contributed by atoms with E-state index >= 15 is 0 Å². The van der Waals surface area contributed by atoms with Gasteiger partial charge >= 0.3 is 0 Å². The lowest BCUT2D eigenvalue weighted by atomic mass is 10.1. The number of nitrogen functional groups attached to an aromatic ring is 1. The number of hydrogen-bond donors (Lipinski definition) is 2. The highest BCUT2D eigenvalue weighted by atomic mass is 16.5. The van der Waals surface area contributed by atoms with Crippen molar-refractivity contribution < 1.29 is 9.53 Å². The first kappa shape index (κ1) is 19.6. The zero-order chi connectivity index (χ0) is 21.1. The van der Waals surface area contributed by atoms with E-state index in [1.807, 2.05) is 0 Å². The summed E-state index contributed by atoms with van der Waals surface area (Å²) in [4.78, 5) is 38.6. The number of amides is 1. The zero-order valence-electron chi connectivity index (χ0n) is 16.5. The minimum atomic E-state index is -0.420. The number of carbonyl (C=O) groups is 1. The molecule has 0 aliphatic carbocycles. The van der Waals surface area contributed by atoms with Crippen LogP contribution in [0.15, 0.2) is 47.7 Å². The molecule has 154 valence electrons. The van der Waals surface area contributed by atoms with Crippen LogP contribution in [0.1, 0.15) is 41.5 Å². The van der Waals surface area contributed by atoms with Crippen molar-refractivity contribution in [2.75, 3.05) is 12.8 Å². The van der Waals surface area contributed by atoms with Gasteiger partial charge in [-0.15, -0.1) is 0 Å². The fourth-order valence-electron chi connectivity index (χ4n) is 3.60. The minimum Gasteiger partial charge on any atom is -0.496 e. The molecule has 0 saturated heterocycles. The predicted molar refractivity (Wildman–Crippen MR) is 111 cm³/mol. The molecule has 0 radical (unpaired) electrons. The number of aromatic nitrogens is 4. The van der Waals surface area contributed by atoms with Crippen molar-refractivity contribution in [3.05, 3.63) is 64.6 Å². The summed E-state index contributed by atoms with van der Waals surface area (Å²) < 4.78 is 6.93. The van der Waals surface area contributed by atoms with E-state index in [0.717, 1.165) is 12.8 Å². The summed E-state index contributed by atoms with van der Waals surface area (Å²) in [5.41, 5.74) is 7.51. The second kappa shape index (κ2) is 8.32. The Balaban J connectivity index is 1.71. The van der Waals surface area contributed by atoms with E-state index in [4.69, 9.17) is 15.5 Å². The lowest BCUT2D eigenvalue weighted by Crippen LogP contribution is -2.34. The Bertz CT molecular complexity index is 1130. The summed E-state index contributed by atoms with van der Waals surface area (Å²) >= 11 is 0. The summed E-state index contributed by atoms with van der Waals surface area (Å²) in [6.07, 6.45) is 5.37. The summed E-state index contributed by atoms with van der Waals surface area (Å²) in [7, 11) is 1.49. The van der Waals surface area contributed by atoms with Gasteiger partial charge in [0, 0.05) is 30.6 Å². The van der Waals surface area contributed by atoms with Gasteiger partial charge in [0.15, 0.2) is 0 Å². The molecule has 9 heteroatoms. The molecule has 0 spiro atoms. The van der Waals surface area contributed by atoms with Gasteiger partial charge in [0.2, 0.25) is 0 Å². The topological polar surface area (TPSA) is 125 Å². The van der Waals surface area contributed by atoms with Crippen LogP contribution in [0.25, 0.3) is 11.4 Å². The maximum Gasteiger partial charge on any atom is 0.255 e. The normalized spacial score (nSPS) is 15.7. The SMILES string of the molecule is COc1cc(N)ccc1C(=O)NC1CCCCn2c1nc(-c1ccncn1)cc2=O. The number of methoxy groups -OCH3 is 1. The second-order valence-corrected chi connectivity index (χ2v) is 7.07. The van der Waals surface area contributed by atoms with Crippen LogP contribution in [0.2, 0.25) is 0 Å². The van der Waals surface area contributed by atoms with Gasteiger partial charge in [0.25, 0.3) is 11.5 Å². The first-order valence-electron chi connectivity index (χ1n) is 9.69. The second-order valence-electron chi connectivity index (χ2n) is 7.07. The highest BCUT2D eigenvalue weighted by Crippen LogP contribution is 2.26. The fourth-order valence-corrected chi connectivity index (χ4v) is 3.60. The lowest BCUT2D eigenvalue weighted by Gasteiger charge is -2.20. The Morgan fingerprint density at radius 3 is 2.87 bits per heavy atom. The summed E-state index contributed by atoms with van der Waals surface area (Å²) in [6.45, 7) is 0.558. The van der Waals surface area contributed by atoms with Crippen molar-refractivity contribution in [3.8, 4) is 17.1 Å². The third-order valence-corrected chi connectivity index (χ3v) is 5.09. The molecule has 30 heavy (non-hydrogen) atoms. The van der Waals surface area contributed by atoms with E-state index in [-0.39, 0.29) is 11.5 Å². The molecule has 3 aromatic rings. The number of anilines is 1. The third-order valence-electron chi connectivity index (χ3n) is 5.09. The van der Waals surface area contributed by atoms with E-state index in [1.54, 1.807) is 35.0 Å². The van der Waals surface area contributed by atoms with Crippen molar-refractivity contribution >= 4 is 11.6 Å². The zero-order valence-corrected chi connectivity index (χ0v) is 16.5. The quantitative estimate of drug-likeness (QED) is 0.634. The maximum absolute atomic E-state index is 13.0. The molecule has 1 unspecified atom stereocenters. The van der Waals surface area contributed by atoms with Gasteiger partial charge in [-0.25, -0.2) is 15.0 Å². The van der Waals surface area contributed by atoms with Gasteiger partial charge in [-0.05, 0) is 37.5 Å². The van der Waals surface area contributed by atoms with Crippen LogP contribution < -0.4 is 21.3 Å². The molecule has 1 atom stereocenters. The van der Waals surface area contributed by atoms with Crippen LogP contribution in [0, 0.1) is 0 Å². The Morgan fingerprint density at radius 2 is 2.10 bits per heavy atom. The van der Waals surface area contributed by atoms with Crippen LogP contribution in [-0.2, 0) is 6.54 Å². The molecular formula is C21H22N6O3. The Morgan fingerprint density at radius 1 is 1.23 bits per heavy atom. The molecule has 1 aromatic carbocycles.